The number of pyridine rings is 1. The Morgan fingerprint density at radius 2 is 2.14 bits per heavy atom. The predicted molar refractivity (Wildman–Crippen MR) is 84.5 cm³/mol. The smallest absolute Gasteiger partial charge is 0.191 e. The lowest BCUT2D eigenvalue weighted by atomic mass is 10.2. The third-order valence-electron chi connectivity index (χ3n) is 3.07. The summed E-state index contributed by atoms with van der Waals surface area (Å²) in [6.07, 6.45) is 3.47. The highest BCUT2D eigenvalue weighted by Gasteiger charge is 2.14. The lowest BCUT2D eigenvalue weighted by Crippen LogP contribution is -1.98. The minimum Gasteiger partial charge on any atom is -0.462 e. The summed E-state index contributed by atoms with van der Waals surface area (Å²) in [5, 5.41) is 2.02. The fourth-order valence-electron chi connectivity index (χ4n) is 1.98. The van der Waals surface area contributed by atoms with E-state index in [2.05, 4.69) is 15.0 Å². The Hall–Kier alpha value is -1.79. The highest BCUT2D eigenvalue weighted by molar-refractivity contribution is 7.99. The first kappa shape index (κ1) is 14.2. The van der Waals surface area contributed by atoms with Gasteiger partial charge in [0.15, 0.2) is 10.7 Å². The van der Waals surface area contributed by atoms with Gasteiger partial charge in [0.05, 0.1) is 23.4 Å². The Kier molecular flexibility index (Phi) is 3.73. The van der Waals surface area contributed by atoms with Crippen molar-refractivity contribution in [1.82, 2.24) is 15.0 Å². The molecule has 21 heavy (non-hydrogen) atoms. The average Bonchev–Trinajstić information content (AvgIpc) is 2.79. The molecule has 3 heterocycles. The monoisotopic (exact) mass is 320 g/mol. The molecule has 0 radical (unpaired) electrons. The SMILES string of the molecule is Cc1coc2cnc([C@H](C)Sc3nc(N)cc(Cl)n3)cc12. The van der Waals surface area contributed by atoms with Crippen molar-refractivity contribution >= 4 is 40.1 Å². The molecule has 0 aromatic carbocycles. The minimum atomic E-state index is 0.0709. The van der Waals surface area contributed by atoms with Crippen molar-refractivity contribution in [2.75, 3.05) is 5.73 Å². The van der Waals surface area contributed by atoms with E-state index in [1.54, 1.807) is 12.5 Å². The van der Waals surface area contributed by atoms with Crippen LogP contribution in [0.2, 0.25) is 5.15 Å². The molecule has 108 valence electrons. The zero-order valence-electron chi connectivity index (χ0n) is 11.5. The molecule has 3 aromatic heterocycles. The van der Waals surface area contributed by atoms with E-state index in [1.165, 1.54) is 17.8 Å². The van der Waals surface area contributed by atoms with E-state index in [-0.39, 0.29) is 5.25 Å². The maximum Gasteiger partial charge on any atom is 0.191 e. The number of furan rings is 1. The Balaban J connectivity index is 1.89. The standard InChI is InChI=1S/C14H13ClN4OS/c1-7-6-20-11-5-17-10(3-9(7)11)8(2)21-14-18-12(15)4-13(16)19-14/h3-6,8H,1-2H3,(H2,16,18,19)/t8-/m0/s1. The second kappa shape index (κ2) is 5.54. The number of nitrogens with two attached hydrogens (primary N) is 1. The van der Waals surface area contributed by atoms with Gasteiger partial charge in [0.1, 0.15) is 11.0 Å². The van der Waals surface area contributed by atoms with Crippen molar-refractivity contribution in [1.29, 1.82) is 0 Å². The summed E-state index contributed by atoms with van der Waals surface area (Å²) in [7, 11) is 0. The van der Waals surface area contributed by atoms with Crippen LogP contribution >= 0.6 is 23.4 Å². The summed E-state index contributed by atoms with van der Waals surface area (Å²) in [6, 6.07) is 3.55. The normalized spacial score (nSPS) is 12.7. The number of rotatable bonds is 3. The van der Waals surface area contributed by atoms with Crippen molar-refractivity contribution < 1.29 is 4.42 Å². The molecule has 0 aliphatic heterocycles. The quantitative estimate of drug-likeness (QED) is 0.446. The topological polar surface area (TPSA) is 77.8 Å². The van der Waals surface area contributed by atoms with E-state index in [4.69, 9.17) is 21.8 Å². The molecule has 0 spiro atoms. The van der Waals surface area contributed by atoms with Crippen molar-refractivity contribution in [2.24, 2.45) is 0 Å². The van der Waals surface area contributed by atoms with Crippen molar-refractivity contribution in [3.05, 3.63) is 41.0 Å². The minimum absolute atomic E-state index is 0.0709. The third-order valence-corrected chi connectivity index (χ3v) is 4.25. The summed E-state index contributed by atoms with van der Waals surface area (Å²) in [4.78, 5) is 12.8. The van der Waals surface area contributed by atoms with Crippen LogP contribution < -0.4 is 5.73 Å². The van der Waals surface area contributed by atoms with Gasteiger partial charge < -0.3 is 10.2 Å². The van der Waals surface area contributed by atoms with E-state index >= 15 is 0 Å². The van der Waals surface area contributed by atoms with Gasteiger partial charge in [0.2, 0.25) is 0 Å². The first-order chi connectivity index (χ1) is 10.0. The Morgan fingerprint density at radius 1 is 1.33 bits per heavy atom. The van der Waals surface area contributed by atoms with E-state index in [0.717, 1.165) is 22.2 Å². The third kappa shape index (κ3) is 2.96. The molecule has 0 unspecified atom stereocenters. The van der Waals surface area contributed by atoms with Crippen molar-refractivity contribution in [2.45, 2.75) is 24.3 Å². The number of aryl methyl sites for hydroxylation is 1. The van der Waals surface area contributed by atoms with Crippen LogP contribution in [0.15, 0.2) is 34.2 Å². The Labute approximate surface area is 130 Å². The maximum absolute atomic E-state index is 5.89. The van der Waals surface area contributed by atoms with Crippen LogP contribution in [0.1, 0.15) is 23.4 Å². The van der Waals surface area contributed by atoms with Gasteiger partial charge in [-0.1, -0.05) is 23.4 Å². The number of anilines is 1. The zero-order valence-corrected chi connectivity index (χ0v) is 13.1. The van der Waals surface area contributed by atoms with Crippen LogP contribution in [0, 0.1) is 6.92 Å². The van der Waals surface area contributed by atoms with Gasteiger partial charge in [-0.2, -0.15) is 0 Å². The van der Waals surface area contributed by atoms with Gasteiger partial charge in [-0.25, -0.2) is 9.97 Å². The molecule has 0 fully saturated rings. The second-order valence-electron chi connectivity index (χ2n) is 4.68. The van der Waals surface area contributed by atoms with Crippen LogP contribution in [0.5, 0.6) is 0 Å². The molecule has 0 saturated heterocycles. The first-order valence-electron chi connectivity index (χ1n) is 6.33. The summed E-state index contributed by atoms with van der Waals surface area (Å²) in [5.41, 5.74) is 8.49. The number of thioether (sulfide) groups is 1. The van der Waals surface area contributed by atoms with Crippen molar-refractivity contribution in [3.8, 4) is 0 Å². The summed E-state index contributed by atoms with van der Waals surface area (Å²) < 4.78 is 5.41. The number of hydrogen-bond acceptors (Lipinski definition) is 6. The van der Waals surface area contributed by atoms with E-state index in [9.17, 15) is 0 Å². The molecular formula is C14H13ClN4OS. The molecule has 3 aromatic rings. The predicted octanol–water partition coefficient (Wildman–Crippen LogP) is 4.02. The highest BCUT2D eigenvalue weighted by atomic mass is 35.5. The fourth-order valence-corrected chi connectivity index (χ4v) is 3.10. The van der Waals surface area contributed by atoms with E-state index in [1.807, 2.05) is 19.9 Å². The second-order valence-corrected chi connectivity index (χ2v) is 6.38. The number of halogens is 1. The lowest BCUT2D eigenvalue weighted by Gasteiger charge is -2.10. The van der Waals surface area contributed by atoms with Gasteiger partial charge in [0.25, 0.3) is 0 Å². The molecule has 5 nitrogen and oxygen atoms in total. The molecule has 0 amide bonds. The number of hydrogen-bond donors (Lipinski definition) is 1. The Morgan fingerprint density at radius 3 is 2.90 bits per heavy atom. The Bertz CT molecular complexity index is 785. The van der Waals surface area contributed by atoms with Crippen LogP contribution in [0.4, 0.5) is 5.82 Å². The first-order valence-corrected chi connectivity index (χ1v) is 7.59. The molecule has 2 N–H and O–H groups in total. The van der Waals surface area contributed by atoms with Gasteiger partial charge in [-0.3, -0.25) is 4.98 Å². The molecular weight excluding hydrogens is 308 g/mol. The van der Waals surface area contributed by atoms with Crippen LogP contribution in [-0.4, -0.2) is 15.0 Å². The molecule has 0 aliphatic rings. The van der Waals surface area contributed by atoms with E-state index < -0.39 is 0 Å². The number of fused-ring (bicyclic) bond motifs is 1. The largest absolute Gasteiger partial charge is 0.462 e. The van der Waals surface area contributed by atoms with E-state index in [0.29, 0.717) is 16.1 Å². The maximum atomic E-state index is 5.89. The highest BCUT2D eigenvalue weighted by Crippen LogP contribution is 2.34. The average molecular weight is 321 g/mol. The molecule has 7 heteroatoms. The molecule has 3 rings (SSSR count). The van der Waals surface area contributed by atoms with Gasteiger partial charge >= 0.3 is 0 Å². The number of nitrogen functional groups attached to an aromatic ring is 1. The van der Waals surface area contributed by atoms with Crippen LogP contribution in [0.3, 0.4) is 0 Å². The summed E-state index contributed by atoms with van der Waals surface area (Å²) >= 11 is 7.35. The van der Waals surface area contributed by atoms with Gasteiger partial charge in [0, 0.05) is 11.5 Å². The van der Waals surface area contributed by atoms with Crippen molar-refractivity contribution in [3.63, 3.8) is 0 Å². The van der Waals surface area contributed by atoms with Gasteiger partial charge in [-0.15, -0.1) is 0 Å². The van der Waals surface area contributed by atoms with Crippen LogP contribution in [0.25, 0.3) is 11.0 Å². The fraction of sp³-hybridized carbons (Fsp3) is 0.214. The zero-order chi connectivity index (χ0) is 15.0. The molecule has 0 saturated carbocycles. The molecule has 1 atom stereocenters. The van der Waals surface area contributed by atoms with Gasteiger partial charge in [-0.05, 0) is 25.5 Å². The summed E-state index contributed by atoms with van der Waals surface area (Å²) in [5.74, 6) is 0.360. The number of aromatic nitrogens is 3. The lowest BCUT2D eigenvalue weighted by molar-refractivity contribution is 0.611. The number of nitrogens with zero attached hydrogens (tertiary/aromatic N) is 3. The molecule has 0 aliphatic carbocycles. The molecule has 0 bridgehead atoms. The van der Waals surface area contributed by atoms with Crippen LogP contribution in [-0.2, 0) is 0 Å². The summed E-state index contributed by atoms with van der Waals surface area (Å²) in [6.45, 7) is 4.04.